The minimum atomic E-state index is -4.41. The summed E-state index contributed by atoms with van der Waals surface area (Å²) in [6.45, 7) is 1.80. The topological polar surface area (TPSA) is 98.5 Å². The van der Waals surface area contributed by atoms with Crippen molar-refractivity contribution in [1.82, 2.24) is 20.1 Å². The number of anilines is 2. The van der Waals surface area contributed by atoms with Crippen LogP contribution >= 0.6 is 0 Å². The van der Waals surface area contributed by atoms with Crippen molar-refractivity contribution in [1.29, 1.82) is 5.26 Å². The maximum absolute atomic E-state index is 13.3. The third-order valence-electron chi connectivity index (χ3n) is 5.83. The van der Waals surface area contributed by atoms with Crippen LogP contribution in [0.5, 0.6) is 0 Å². The first kappa shape index (κ1) is 21.9. The second-order valence-corrected chi connectivity index (χ2v) is 7.87. The lowest BCUT2D eigenvalue weighted by Gasteiger charge is -2.21. The Hall–Kier alpha value is -3.32. The molecule has 1 aromatic carbocycles. The fourth-order valence-corrected chi connectivity index (χ4v) is 4.35. The Morgan fingerprint density at radius 3 is 2.69 bits per heavy atom. The number of nitrogens with one attached hydrogen (secondary N) is 3. The van der Waals surface area contributed by atoms with Crippen molar-refractivity contribution in [2.75, 3.05) is 11.9 Å². The van der Waals surface area contributed by atoms with Gasteiger partial charge in [0, 0.05) is 11.9 Å². The second kappa shape index (κ2) is 8.67. The van der Waals surface area contributed by atoms with Crippen LogP contribution in [0.1, 0.15) is 43.8 Å². The van der Waals surface area contributed by atoms with Crippen molar-refractivity contribution in [2.24, 2.45) is 5.92 Å². The Balaban J connectivity index is 1.68. The molecule has 3 aromatic rings. The number of hydrogen-bond acceptors (Lipinski definition) is 5. The SMILES string of the molecule is CCNC(c1ccc(Nc2nn([C@H]3CCCC3C#N)c3cc[nH]c(=O)c23)cc1)C(F)(F)F. The van der Waals surface area contributed by atoms with Crippen LogP contribution in [0.15, 0.2) is 41.3 Å². The number of nitriles is 1. The fourth-order valence-electron chi connectivity index (χ4n) is 4.35. The lowest BCUT2D eigenvalue weighted by Crippen LogP contribution is -2.33. The summed E-state index contributed by atoms with van der Waals surface area (Å²) in [5.74, 6) is 0.118. The van der Waals surface area contributed by atoms with E-state index in [1.54, 1.807) is 17.7 Å². The number of pyridine rings is 1. The summed E-state index contributed by atoms with van der Waals surface area (Å²) in [5, 5.41) is 19.9. The largest absolute Gasteiger partial charge is 0.407 e. The molecule has 0 spiro atoms. The Bertz CT molecular complexity index is 1190. The van der Waals surface area contributed by atoms with Gasteiger partial charge in [0.15, 0.2) is 5.82 Å². The van der Waals surface area contributed by atoms with Crippen molar-refractivity contribution in [3.63, 3.8) is 0 Å². The summed E-state index contributed by atoms with van der Waals surface area (Å²) in [6.07, 6.45) is -0.396. The van der Waals surface area contributed by atoms with Crippen molar-refractivity contribution in [3.05, 3.63) is 52.4 Å². The second-order valence-electron chi connectivity index (χ2n) is 7.87. The molecule has 32 heavy (non-hydrogen) atoms. The van der Waals surface area contributed by atoms with Gasteiger partial charge in [-0.2, -0.15) is 23.5 Å². The van der Waals surface area contributed by atoms with Gasteiger partial charge >= 0.3 is 6.18 Å². The summed E-state index contributed by atoms with van der Waals surface area (Å²) in [5.41, 5.74) is 0.887. The van der Waals surface area contributed by atoms with Gasteiger partial charge < -0.3 is 15.6 Å². The van der Waals surface area contributed by atoms with Gasteiger partial charge in [-0.25, -0.2) is 0 Å². The van der Waals surface area contributed by atoms with Crippen LogP contribution in [0.3, 0.4) is 0 Å². The Morgan fingerprint density at radius 1 is 1.28 bits per heavy atom. The van der Waals surface area contributed by atoms with Gasteiger partial charge in [0.2, 0.25) is 0 Å². The van der Waals surface area contributed by atoms with E-state index >= 15 is 0 Å². The van der Waals surface area contributed by atoms with Crippen molar-refractivity contribution >= 4 is 22.4 Å². The Kier molecular flexibility index (Phi) is 5.93. The van der Waals surface area contributed by atoms with E-state index in [0.717, 1.165) is 19.3 Å². The molecular weight excluding hydrogens is 421 g/mol. The van der Waals surface area contributed by atoms with Gasteiger partial charge in [-0.1, -0.05) is 19.1 Å². The number of halogens is 3. The van der Waals surface area contributed by atoms with Gasteiger partial charge in [0.05, 0.1) is 23.5 Å². The Labute approximate surface area is 182 Å². The van der Waals surface area contributed by atoms with Crippen molar-refractivity contribution in [2.45, 2.75) is 44.4 Å². The summed E-state index contributed by atoms with van der Waals surface area (Å²) in [7, 11) is 0. The quantitative estimate of drug-likeness (QED) is 0.518. The molecule has 2 heterocycles. The summed E-state index contributed by atoms with van der Waals surface area (Å²) < 4.78 is 41.7. The molecule has 0 radical (unpaired) electrons. The number of benzene rings is 1. The Morgan fingerprint density at radius 2 is 2.03 bits per heavy atom. The highest BCUT2D eigenvalue weighted by Gasteiger charge is 2.40. The molecule has 0 saturated heterocycles. The molecule has 3 N–H and O–H groups in total. The predicted octanol–water partition coefficient (Wildman–Crippen LogP) is 4.55. The van der Waals surface area contributed by atoms with E-state index in [1.807, 2.05) is 0 Å². The van der Waals surface area contributed by atoms with Crippen molar-refractivity contribution in [3.8, 4) is 6.07 Å². The standard InChI is InChI=1S/C22H23F3N6O/c1-2-27-19(22(23,24)25)13-6-8-15(9-7-13)29-20-18-17(10-11-28-21(18)32)31(30-20)16-5-3-4-14(16)12-26/h6-11,14,16,19,27H,2-5H2,1H3,(H,28,32)(H,29,30)/t14?,16-,19?/m0/s1. The normalized spacial score (nSPS) is 19.7. The molecule has 0 bridgehead atoms. The smallest absolute Gasteiger partial charge is 0.338 e. The van der Waals surface area contributed by atoms with Crippen LogP contribution in [-0.4, -0.2) is 27.5 Å². The lowest BCUT2D eigenvalue weighted by molar-refractivity contribution is -0.157. The minimum absolute atomic E-state index is 0.0981. The number of aromatic nitrogens is 3. The molecule has 4 rings (SSSR count). The summed E-state index contributed by atoms with van der Waals surface area (Å²) in [6, 6.07) is 8.04. The molecule has 2 unspecified atom stereocenters. The monoisotopic (exact) mass is 444 g/mol. The first-order chi connectivity index (χ1) is 15.3. The van der Waals surface area contributed by atoms with Crippen LogP contribution in [0.25, 0.3) is 10.9 Å². The van der Waals surface area contributed by atoms with Crippen LogP contribution in [0.2, 0.25) is 0 Å². The molecule has 1 fully saturated rings. The highest BCUT2D eigenvalue weighted by atomic mass is 19.4. The van der Waals surface area contributed by atoms with E-state index in [-0.39, 0.29) is 29.6 Å². The minimum Gasteiger partial charge on any atom is -0.338 e. The van der Waals surface area contributed by atoms with Crippen molar-refractivity contribution < 1.29 is 13.2 Å². The fraction of sp³-hybridized carbons (Fsp3) is 0.409. The first-order valence-electron chi connectivity index (χ1n) is 10.5. The number of hydrogen-bond donors (Lipinski definition) is 3. The van der Waals surface area contributed by atoms with Crippen LogP contribution in [0, 0.1) is 17.2 Å². The third-order valence-corrected chi connectivity index (χ3v) is 5.83. The van der Waals surface area contributed by atoms with Crippen LogP contribution in [-0.2, 0) is 0 Å². The van der Waals surface area contributed by atoms with Gasteiger partial charge in [-0.15, -0.1) is 0 Å². The number of H-pyrrole nitrogens is 1. The molecule has 1 aliphatic carbocycles. The van der Waals surface area contributed by atoms with E-state index in [1.165, 1.54) is 30.5 Å². The zero-order valence-corrected chi connectivity index (χ0v) is 17.4. The van der Waals surface area contributed by atoms with Gasteiger partial charge in [-0.05, 0) is 49.6 Å². The zero-order valence-electron chi connectivity index (χ0n) is 17.4. The van der Waals surface area contributed by atoms with Crippen LogP contribution < -0.4 is 16.2 Å². The predicted molar refractivity (Wildman–Crippen MR) is 115 cm³/mol. The highest BCUT2D eigenvalue weighted by Crippen LogP contribution is 2.38. The van der Waals surface area contributed by atoms with Gasteiger partial charge in [0.25, 0.3) is 5.56 Å². The lowest BCUT2D eigenvalue weighted by atomic mass is 10.1. The molecule has 168 valence electrons. The number of nitrogens with zero attached hydrogens (tertiary/aromatic N) is 3. The van der Waals surface area contributed by atoms with Gasteiger partial charge in [-0.3, -0.25) is 9.48 Å². The summed E-state index contributed by atoms with van der Waals surface area (Å²) >= 11 is 0. The molecule has 3 atom stereocenters. The maximum atomic E-state index is 13.3. The van der Waals surface area contributed by atoms with E-state index in [2.05, 4.69) is 26.8 Å². The molecule has 10 heteroatoms. The number of rotatable bonds is 6. The average molecular weight is 444 g/mol. The number of alkyl halides is 3. The highest BCUT2D eigenvalue weighted by molar-refractivity contribution is 5.91. The molecule has 2 aromatic heterocycles. The number of fused-ring (bicyclic) bond motifs is 1. The molecule has 0 amide bonds. The average Bonchev–Trinajstić information content (AvgIpc) is 3.37. The van der Waals surface area contributed by atoms with E-state index in [4.69, 9.17) is 0 Å². The molecule has 1 saturated carbocycles. The molecule has 0 aliphatic heterocycles. The molecule has 7 nitrogen and oxygen atoms in total. The first-order valence-corrected chi connectivity index (χ1v) is 10.5. The molecular formula is C22H23F3N6O. The number of aromatic amines is 1. The van der Waals surface area contributed by atoms with Crippen LogP contribution in [0.4, 0.5) is 24.7 Å². The van der Waals surface area contributed by atoms with Gasteiger partial charge in [0.1, 0.15) is 11.4 Å². The maximum Gasteiger partial charge on any atom is 0.407 e. The van der Waals surface area contributed by atoms with E-state index < -0.39 is 12.2 Å². The zero-order chi connectivity index (χ0) is 22.9. The summed E-state index contributed by atoms with van der Waals surface area (Å²) in [4.78, 5) is 15.2. The third kappa shape index (κ3) is 4.08. The van der Waals surface area contributed by atoms with E-state index in [0.29, 0.717) is 22.4 Å². The van der Waals surface area contributed by atoms with E-state index in [9.17, 15) is 23.2 Å². The molecule has 1 aliphatic rings.